The van der Waals surface area contributed by atoms with E-state index < -0.39 is 23.6 Å². The van der Waals surface area contributed by atoms with Crippen molar-refractivity contribution < 1.29 is 24.2 Å². The molecule has 0 aromatic heterocycles. The summed E-state index contributed by atoms with van der Waals surface area (Å²) in [5.74, 6) is -1.50. The zero-order chi connectivity index (χ0) is 14.0. The minimum atomic E-state index is -1.14. The number of nitrogens with zero attached hydrogens (tertiary/aromatic N) is 1. The van der Waals surface area contributed by atoms with Gasteiger partial charge >= 0.3 is 12.0 Å². The van der Waals surface area contributed by atoms with Crippen molar-refractivity contribution in [3.63, 3.8) is 0 Å². The summed E-state index contributed by atoms with van der Waals surface area (Å²) in [4.78, 5) is 35.6. The van der Waals surface area contributed by atoms with E-state index in [9.17, 15) is 14.4 Å². The Balaban J connectivity index is 2.06. The van der Waals surface area contributed by atoms with Crippen molar-refractivity contribution in [3.8, 4) is 0 Å². The molecular formula is C11H17N3O5. The van der Waals surface area contributed by atoms with Crippen molar-refractivity contribution in [2.24, 2.45) is 0 Å². The first-order valence-corrected chi connectivity index (χ1v) is 6.07. The Morgan fingerprint density at radius 2 is 2.32 bits per heavy atom. The molecule has 19 heavy (non-hydrogen) atoms. The maximum absolute atomic E-state index is 12.1. The number of carbonyl (C=O) groups excluding carboxylic acids is 2. The van der Waals surface area contributed by atoms with Crippen LogP contribution in [-0.2, 0) is 14.3 Å². The Labute approximate surface area is 110 Å². The van der Waals surface area contributed by atoms with Crippen LogP contribution >= 0.6 is 0 Å². The molecule has 2 aliphatic rings. The number of ether oxygens (including phenoxy) is 1. The molecule has 0 aromatic carbocycles. The fraction of sp³-hybridized carbons (Fsp3) is 0.727. The second kappa shape index (κ2) is 5.04. The van der Waals surface area contributed by atoms with E-state index in [4.69, 9.17) is 9.84 Å². The molecule has 2 unspecified atom stereocenters. The number of carboxylic acids is 1. The number of amides is 3. The second-order valence-corrected chi connectivity index (χ2v) is 5.08. The number of rotatable bonds is 2. The third-order valence-corrected chi connectivity index (χ3v) is 3.36. The van der Waals surface area contributed by atoms with Gasteiger partial charge in [-0.2, -0.15) is 0 Å². The summed E-state index contributed by atoms with van der Waals surface area (Å²) in [5.41, 5.74) is -0.506. The molecule has 0 spiro atoms. The predicted molar refractivity (Wildman–Crippen MR) is 63.5 cm³/mol. The smallest absolute Gasteiger partial charge is 0.328 e. The number of carbonyl (C=O) groups is 3. The fourth-order valence-corrected chi connectivity index (χ4v) is 2.17. The van der Waals surface area contributed by atoms with Crippen LogP contribution in [0, 0.1) is 0 Å². The van der Waals surface area contributed by atoms with Gasteiger partial charge in [0.15, 0.2) is 0 Å². The first-order chi connectivity index (χ1) is 8.91. The van der Waals surface area contributed by atoms with Crippen LogP contribution in [0.2, 0.25) is 0 Å². The highest BCUT2D eigenvalue weighted by atomic mass is 16.5. The van der Waals surface area contributed by atoms with E-state index in [1.54, 1.807) is 0 Å². The largest absolute Gasteiger partial charge is 0.480 e. The zero-order valence-corrected chi connectivity index (χ0v) is 10.6. The normalized spacial score (nSPS) is 30.9. The Bertz CT molecular complexity index is 405. The van der Waals surface area contributed by atoms with Gasteiger partial charge in [0.1, 0.15) is 12.6 Å². The molecule has 8 heteroatoms. The molecule has 3 N–H and O–H groups in total. The standard InChI is InChI=1S/C11H17N3O5/c1-11(2-3-19-6-11)13-10(18)14-5-8(15)12-4-7(14)9(16)17/h7H,2-6H2,1H3,(H,12,15)(H,13,18)(H,16,17). The third-order valence-electron chi connectivity index (χ3n) is 3.36. The summed E-state index contributed by atoms with van der Waals surface area (Å²) >= 11 is 0. The zero-order valence-electron chi connectivity index (χ0n) is 10.6. The lowest BCUT2D eigenvalue weighted by Gasteiger charge is -2.35. The number of hydrogen-bond acceptors (Lipinski definition) is 4. The van der Waals surface area contributed by atoms with Gasteiger partial charge in [-0.25, -0.2) is 9.59 Å². The van der Waals surface area contributed by atoms with Crippen LogP contribution in [-0.4, -0.2) is 65.8 Å². The molecule has 2 heterocycles. The molecule has 8 nitrogen and oxygen atoms in total. The first kappa shape index (κ1) is 13.6. The van der Waals surface area contributed by atoms with Gasteiger partial charge in [-0.05, 0) is 13.3 Å². The van der Waals surface area contributed by atoms with Gasteiger partial charge in [-0.15, -0.1) is 0 Å². The minimum absolute atomic E-state index is 0.0746. The summed E-state index contributed by atoms with van der Waals surface area (Å²) in [6, 6.07) is -1.58. The molecule has 0 radical (unpaired) electrons. The van der Waals surface area contributed by atoms with Crippen LogP contribution in [0.4, 0.5) is 4.79 Å². The SMILES string of the molecule is CC1(NC(=O)N2CC(=O)NCC2C(=O)O)CCOC1. The van der Waals surface area contributed by atoms with Gasteiger partial charge in [0, 0.05) is 13.2 Å². The van der Waals surface area contributed by atoms with Crippen LogP contribution in [0.15, 0.2) is 0 Å². The molecule has 0 bridgehead atoms. The lowest BCUT2D eigenvalue weighted by molar-refractivity contribution is -0.144. The number of carboxylic acid groups (broad SMARTS) is 1. The van der Waals surface area contributed by atoms with Crippen LogP contribution in [0.1, 0.15) is 13.3 Å². The van der Waals surface area contributed by atoms with Gasteiger partial charge in [0.05, 0.1) is 12.1 Å². The summed E-state index contributed by atoms with van der Waals surface area (Å²) in [6.45, 7) is 2.45. The van der Waals surface area contributed by atoms with Gasteiger partial charge in [0.2, 0.25) is 5.91 Å². The van der Waals surface area contributed by atoms with Crippen molar-refractivity contribution >= 4 is 17.9 Å². The van der Waals surface area contributed by atoms with Gasteiger partial charge < -0.3 is 20.5 Å². The van der Waals surface area contributed by atoms with Gasteiger partial charge in [-0.3, -0.25) is 9.69 Å². The Morgan fingerprint density at radius 1 is 1.58 bits per heavy atom. The maximum atomic E-state index is 12.1. The van der Waals surface area contributed by atoms with E-state index in [2.05, 4.69) is 10.6 Å². The van der Waals surface area contributed by atoms with Crippen LogP contribution < -0.4 is 10.6 Å². The monoisotopic (exact) mass is 271 g/mol. The van der Waals surface area contributed by atoms with E-state index in [0.717, 1.165) is 4.90 Å². The van der Waals surface area contributed by atoms with Crippen molar-refractivity contribution in [3.05, 3.63) is 0 Å². The molecule has 2 fully saturated rings. The average molecular weight is 271 g/mol. The van der Waals surface area contributed by atoms with Crippen molar-refractivity contribution in [1.82, 2.24) is 15.5 Å². The van der Waals surface area contributed by atoms with E-state index in [0.29, 0.717) is 19.6 Å². The summed E-state index contributed by atoms with van der Waals surface area (Å²) in [7, 11) is 0. The fourth-order valence-electron chi connectivity index (χ4n) is 2.17. The predicted octanol–water partition coefficient (Wildman–Crippen LogP) is -1.24. The van der Waals surface area contributed by atoms with E-state index >= 15 is 0 Å². The Morgan fingerprint density at radius 3 is 2.89 bits per heavy atom. The van der Waals surface area contributed by atoms with E-state index in [1.807, 2.05) is 6.92 Å². The minimum Gasteiger partial charge on any atom is -0.480 e. The lowest BCUT2D eigenvalue weighted by Crippen LogP contribution is -2.63. The molecule has 0 aromatic rings. The molecule has 2 atom stereocenters. The molecule has 106 valence electrons. The van der Waals surface area contributed by atoms with Crippen molar-refractivity contribution in [1.29, 1.82) is 0 Å². The molecule has 0 saturated carbocycles. The molecule has 0 aliphatic carbocycles. The summed E-state index contributed by atoms with van der Waals surface area (Å²) in [6.07, 6.45) is 0.663. The highest BCUT2D eigenvalue weighted by molar-refractivity contribution is 5.90. The lowest BCUT2D eigenvalue weighted by atomic mass is 10.0. The highest BCUT2D eigenvalue weighted by Crippen LogP contribution is 2.18. The molecular weight excluding hydrogens is 254 g/mol. The average Bonchev–Trinajstić information content (AvgIpc) is 2.75. The first-order valence-electron chi connectivity index (χ1n) is 6.07. The molecule has 2 aliphatic heterocycles. The van der Waals surface area contributed by atoms with E-state index in [-0.39, 0.29) is 19.0 Å². The van der Waals surface area contributed by atoms with E-state index in [1.165, 1.54) is 0 Å². The van der Waals surface area contributed by atoms with Crippen molar-refractivity contribution in [2.45, 2.75) is 24.9 Å². The van der Waals surface area contributed by atoms with Gasteiger partial charge in [0.25, 0.3) is 0 Å². The summed E-state index contributed by atoms with van der Waals surface area (Å²) < 4.78 is 5.21. The molecule has 2 saturated heterocycles. The van der Waals surface area contributed by atoms with Gasteiger partial charge in [-0.1, -0.05) is 0 Å². The number of piperazine rings is 1. The van der Waals surface area contributed by atoms with Crippen molar-refractivity contribution in [2.75, 3.05) is 26.3 Å². The second-order valence-electron chi connectivity index (χ2n) is 5.08. The van der Waals surface area contributed by atoms with Crippen LogP contribution in [0.3, 0.4) is 0 Å². The Hall–Kier alpha value is -1.83. The Kier molecular flexibility index (Phi) is 3.61. The summed E-state index contributed by atoms with van der Waals surface area (Å²) in [5, 5.41) is 14.3. The molecule has 2 rings (SSSR count). The maximum Gasteiger partial charge on any atom is 0.328 e. The number of nitrogens with one attached hydrogen (secondary N) is 2. The number of hydrogen-bond donors (Lipinski definition) is 3. The topological polar surface area (TPSA) is 108 Å². The quantitative estimate of drug-likeness (QED) is 0.582. The third kappa shape index (κ3) is 2.95. The highest BCUT2D eigenvalue weighted by Gasteiger charge is 2.39. The van der Waals surface area contributed by atoms with Crippen LogP contribution in [0.25, 0.3) is 0 Å². The molecule has 3 amide bonds. The van der Waals surface area contributed by atoms with Crippen LogP contribution in [0.5, 0.6) is 0 Å². The number of urea groups is 1. The number of aliphatic carboxylic acids is 1.